The number of thiophene rings is 1. The fraction of sp³-hybridized carbons (Fsp3) is 0.409. The Morgan fingerprint density at radius 1 is 1.17 bits per heavy atom. The molecule has 1 aromatic carbocycles. The Morgan fingerprint density at radius 3 is 2.38 bits per heavy atom. The fourth-order valence-corrected chi connectivity index (χ4v) is 5.79. The summed E-state index contributed by atoms with van der Waals surface area (Å²) < 4.78 is 26.6. The second-order valence-electron chi connectivity index (χ2n) is 8.88. The summed E-state index contributed by atoms with van der Waals surface area (Å²) in [5.41, 5.74) is 2.66. The monoisotopic (exact) mass is 431 g/mol. The van der Waals surface area contributed by atoms with Crippen LogP contribution in [0.15, 0.2) is 46.9 Å². The van der Waals surface area contributed by atoms with Crippen LogP contribution in [0.5, 0.6) is 0 Å². The summed E-state index contributed by atoms with van der Waals surface area (Å²) in [6.07, 6.45) is 4.65. The van der Waals surface area contributed by atoms with Crippen LogP contribution in [0.4, 0.5) is 0 Å². The highest BCUT2D eigenvalue weighted by Crippen LogP contribution is 2.36. The Kier molecular flexibility index (Phi) is 6.03. The van der Waals surface area contributed by atoms with E-state index in [9.17, 15) is 8.42 Å². The quantitative estimate of drug-likeness (QED) is 0.609. The van der Waals surface area contributed by atoms with E-state index in [-0.39, 0.29) is 9.62 Å². The van der Waals surface area contributed by atoms with Gasteiger partial charge in [0.15, 0.2) is 0 Å². The Morgan fingerprint density at radius 2 is 1.83 bits per heavy atom. The van der Waals surface area contributed by atoms with Crippen molar-refractivity contribution in [2.45, 2.75) is 57.2 Å². The summed E-state index contributed by atoms with van der Waals surface area (Å²) >= 11 is 1.28. The Labute approximate surface area is 177 Å². The third-order valence-corrected chi connectivity index (χ3v) is 7.26. The van der Waals surface area contributed by atoms with Gasteiger partial charge >= 0.3 is 0 Å². The summed E-state index contributed by atoms with van der Waals surface area (Å²) in [5.74, 6) is 1.48. The van der Waals surface area contributed by atoms with E-state index in [1.165, 1.54) is 11.3 Å². The van der Waals surface area contributed by atoms with Crippen molar-refractivity contribution < 1.29 is 8.42 Å². The van der Waals surface area contributed by atoms with Crippen molar-refractivity contribution in [2.75, 3.05) is 0 Å². The Bertz CT molecular complexity index is 1090. The van der Waals surface area contributed by atoms with E-state index in [1.54, 1.807) is 0 Å². The van der Waals surface area contributed by atoms with Gasteiger partial charge in [-0.3, -0.25) is 0 Å². The number of nitrogens with two attached hydrogens (primary N) is 1. The van der Waals surface area contributed by atoms with Gasteiger partial charge in [-0.2, -0.15) is 0 Å². The van der Waals surface area contributed by atoms with Crippen LogP contribution in [0.1, 0.15) is 50.9 Å². The summed E-state index contributed by atoms with van der Waals surface area (Å²) in [6, 6.07) is 9.98. The normalized spacial score (nSPS) is 12.7. The number of hydrogen-bond donors (Lipinski definition) is 1. The number of nitrogens with zero attached hydrogens (tertiary/aromatic N) is 2. The van der Waals surface area contributed by atoms with Crippen molar-refractivity contribution in [1.29, 1.82) is 0 Å². The van der Waals surface area contributed by atoms with Crippen LogP contribution in [0, 0.1) is 5.92 Å². The molecular formula is C22H29N3O2S2. The molecule has 29 heavy (non-hydrogen) atoms. The van der Waals surface area contributed by atoms with Crippen LogP contribution in [0.25, 0.3) is 11.1 Å². The van der Waals surface area contributed by atoms with Gasteiger partial charge in [0.2, 0.25) is 10.0 Å². The smallest absolute Gasteiger partial charge is 0.248 e. The molecule has 0 aliphatic carbocycles. The number of benzene rings is 1. The van der Waals surface area contributed by atoms with Gasteiger partial charge in [-0.25, -0.2) is 18.5 Å². The molecule has 0 aliphatic heterocycles. The standard InChI is InChI=1S/C22H29N3O2S2/c1-15(2)12-18-13-19(20(28-18)29(23,26)27)17-8-6-16(7-9-17)14-25-11-10-24-21(25)22(3,4)5/h6-11,13,15H,12,14H2,1-5H3,(H2,23,26,27). The van der Waals surface area contributed by atoms with Crippen LogP contribution in [0.3, 0.4) is 0 Å². The minimum absolute atomic E-state index is 0.0304. The number of hydrogen-bond acceptors (Lipinski definition) is 4. The highest BCUT2D eigenvalue weighted by molar-refractivity contribution is 7.91. The highest BCUT2D eigenvalue weighted by atomic mass is 32.2. The fourth-order valence-electron chi connectivity index (χ4n) is 3.41. The maximum absolute atomic E-state index is 12.1. The molecule has 0 radical (unpaired) electrons. The average molecular weight is 432 g/mol. The van der Waals surface area contributed by atoms with Gasteiger partial charge in [-0.1, -0.05) is 58.9 Å². The molecule has 0 saturated carbocycles. The number of primary sulfonamides is 1. The molecular weight excluding hydrogens is 402 g/mol. The van der Waals surface area contributed by atoms with Gasteiger partial charge in [0.1, 0.15) is 10.0 Å². The molecule has 3 rings (SSSR count). The molecule has 0 aliphatic rings. The van der Waals surface area contributed by atoms with E-state index in [0.29, 0.717) is 11.5 Å². The van der Waals surface area contributed by atoms with E-state index >= 15 is 0 Å². The highest BCUT2D eigenvalue weighted by Gasteiger charge is 2.21. The molecule has 0 unspecified atom stereocenters. The zero-order valence-corrected chi connectivity index (χ0v) is 19.3. The topological polar surface area (TPSA) is 78.0 Å². The van der Waals surface area contributed by atoms with Crippen LogP contribution >= 0.6 is 11.3 Å². The number of sulfonamides is 1. The lowest BCUT2D eigenvalue weighted by Gasteiger charge is -2.20. The van der Waals surface area contributed by atoms with Crippen LogP contribution < -0.4 is 5.14 Å². The van der Waals surface area contributed by atoms with Gasteiger partial charge in [0.25, 0.3) is 0 Å². The third-order valence-electron chi connectivity index (χ3n) is 4.62. The summed E-state index contributed by atoms with van der Waals surface area (Å²) in [6.45, 7) is 11.4. The molecule has 0 atom stereocenters. The molecule has 0 amide bonds. The summed E-state index contributed by atoms with van der Waals surface area (Å²) in [5, 5.41) is 5.49. The van der Waals surface area contributed by atoms with E-state index < -0.39 is 10.0 Å². The number of imidazole rings is 1. The van der Waals surface area contributed by atoms with Crippen molar-refractivity contribution in [1.82, 2.24) is 9.55 Å². The zero-order chi connectivity index (χ0) is 21.4. The van der Waals surface area contributed by atoms with E-state index in [2.05, 4.69) is 44.2 Å². The van der Waals surface area contributed by atoms with Gasteiger partial charge in [-0.05, 0) is 29.5 Å². The van der Waals surface area contributed by atoms with Crippen LogP contribution in [0.2, 0.25) is 0 Å². The van der Waals surface area contributed by atoms with Gasteiger partial charge in [0.05, 0.1) is 0 Å². The van der Waals surface area contributed by atoms with Gasteiger partial charge < -0.3 is 4.57 Å². The van der Waals surface area contributed by atoms with Crippen molar-refractivity contribution in [2.24, 2.45) is 11.1 Å². The molecule has 2 heterocycles. The molecule has 7 heteroatoms. The maximum Gasteiger partial charge on any atom is 0.248 e. The molecule has 5 nitrogen and oxygen atoms in total. The second kappa shape index (κ2) is 8.05. The molecule has 0 spiro atoms. The van der Waals surface area contributed by atoms with Crippen molar-refractivity contribution in [3.63, 3.8) is 0 Å². The molecule has 156 valence electrons. The molecule has 3 aromatic rings. The molecule has 0 saturated heterocycles. The number of rotatable bonds is 6. The van der Waals surface area contributed by atoms with E-state index in [1.807, 2.05) is 42.7 Å². The lowest BCUT2D eigenvalue weighted by atomic mass is 9.95. The van der Waals surface area contributed by atoms with Crippen LogP contribution in [-0.4, -0.2) is 18.0 Å². The summed E-state index contributed by atoms with van der Waals surface area (Å²) in [4.78, 5) is 5.54. The Hall–Kier alpha value is -1.96. The lowest BCUT2D eigenvalue weighted by Crippen LogP contribution is -2.19. The second-order valence-corrected chi connectivity index (χ2v) is 11.8. The number of aromatic nitrogens is 2. The largest absolute Gasteiger partial charge is 0.330 e. The zero-order valence-electron chi connectivity index (χ0n) is 17.6. The average Bonchev–Trinajstić information content (AvgIpc) is 3.21. The van der Waals surface area contributed by atoms with E-state index in [4.69, 9.17) is 5.14 Å². The predicted molar refractivity (Wildman–Crippen MR) is 120 cm³/mol. The molecule has 2 aromatic heterocycles. The first-order valence-corrected chi connectivity index (χ1v) is 12.1. The Balaban J connectivity index is 1.91. The molecule has 2 N–H and O–H groups in total. The predicted octanol–water partition coefficient (Wildman–Crippen LogP) is 4.80. The lowest BCUT2D eigenvalue weighted by molar-refractivity contribution is 0.511. The van der Waals surface area contributed by atoms with Crippen molar-refractivity contribution in [3.8, 4) is 11.1 Å². The summed E-state index contributed by atoms with van der Waals surface area (Å²) in [7, 11) is -3.76. The molecule has 0 bridgehead atoms. The minimum atomic E-state index is -3.76. The SMILES string of the molecule is CC(C)Cc1cc(-c2ccc(Cn3ccnc3C(C)(C)C)cc2)c(S(N)(=O)=O)s1. The van der Waals surface area contributed by atoms with Crippen molar-refractivity contribution in [3.05, 3.63) is 59.0 Å². The van der Waals surface area contributed by atoms with E-state index in [0.717, 1.165) is 34.8 Å². The van der Waals surface area contributed by atoms with Gasteiger partial charge in [-0.15, -0.1) is 11.3 Å². The third kappa shape index (κ3) is 5.15. The van der Waals surface area contributed by atoms with Gasteiger partial charge in [0, 0.05) is 34.8 Å². The van der Waals surface area contributed by atoms with Crippen LogP contribution in [-0.2, 0) is 28.4 Å². The minimum Gasteiger partial charge on any atom is -0.330 e. The maximum atomic E-state index is 12.1. The molecule has 0 fully saturated rings. The first-order valence-electron chi connectivity index (χ1n) is 9.71. The first kappa shape index (κ1) is 21.7. The first-order chi connectivity index (χ1) is 13.4. The van der Waals surface area contributed by atoms with Crippen molar-refractivity contribution >= 4 is 21.4 Å².